The van der Waals surface area contributed by atoms with Crippen molar-refractivity contribution in [2.24, 2.45) is 5.92 Å². The zero-order chi connectivity index (χ0) is 14.5. The highest BCUT2D eigenvalue weighted by Gasteiger charge is 2.37. The fourth-order valence-corrected chi connectivity index (χ4v) is 3.18. The summed E-state index contributed by atoms with van der Waals surface area (Å²) in [5.41, 5.74) is 0. The maximum absolute atomic E-state index is 12.2. The van der Waals surface area contributed by atoms with Crippen molar-refractivity contribution in [3.63, 3.8) is 0 Å². The van der Waals surface area contributed by atoms with Crippen LogP contribution in [-0.4, -0.2) is 35.2 Å². The first kappa shape index (κ1) is 15.0. The second kappa shape index (κ2) is 6.86. The molecule has 1 atom stereocenters. The van der Waals surface area contributed by atoms with E-state index in [-0.39, 0.29) is 30.6 Å². The molecule has 5 nitrogen and oxygen atoms in total. The van der Waals surface area contributed by atoms with Crippen molar-refractivity contribution < 1.29 is 14.4 Å². The second-order valence-electron chi connectivity index (χ2n) is 5.83. The van der Waals surface area contributed by atoms with Gasteiger partial charge in [0.15, 0.2) is 0 Å². The van der Waals surface area contributed by atoms with Crippen LogP contribution in [0.15, 0.2) is 0 Å². The molecule has 0 bridgehead atoms. The Morgan fingerprint density at radius 2 is 1.80 bits per heavy atom. The van der Waals surface area contributed by atoms with Gasteiger partial charge in [-0.15, -0.1) is 0 Å². The Kier molecular flexibility index (Phi) is 5.15. The maximum atomic E-state index is 12.2. The van der Waals surface area contributed by atoms with Crippen molar-refractivity contribution in [1.82, 2.24) is 10.2 Å². The van der Waals surface area contributed by atoms with Crippen LogP contribution < -0.4 is 5.32 Å². The van der Waals surface area contributed by atoms with Gasteiger partial charge >= 0.3 is 0 Å². The Hall–Kier alpha value is -1.39. The van der Waals surface area contributed by atoms with Gasteiger partial charge in [-0.3, -0.25) is 19.3 Å². The quantitative estimate of drug-likeness (QED) is 0.778. The van der Waals surface area contributed by atoms with Gasteiger partial charge in [0.25, 0.3) is 0 Å². The number of imide groups is 1. The largest absolute Gasteiger partial charge is 0.354 e. The summed E-state index contributed by atoms with van der Waals surface area (Å²) in [6, 6.07) is -0.624. The SMILES string of the molecule is CCC(C(=O)NCC1CCCCC1)N1C(=O)CCC1=O. The molecule has 20 heavy (non-hydrogen) atoms. The molecule has 112 valence electrons. The Bertz CT molecular complexity index is 373. The minimum absolute atomic E-state index is 0.179. The fraction of sp³-hybridized carbons (Fsp3) is 0.800. The van der Waals surface area contributed by atoms with Gasteiger partial charge in [0.1, 0.15) is 6.04 Å². The molecule has 0 spiro atoms. The summed E-state index contributed by atoms with van der Waals surface area (Å²) in [6.45, 7) is 2.51. The molecule has 2 rings (SSSR count). The normalized spacial score (nSPS) is 22.1. The predicted octanol–water partition coefficient (Wildman–Crippen LogP) is 1.61. The van der Waals surface area contributed by atoms with Gasteiger partial charge in [-0.1, -0.05) is 26.2 Å². The topological polar surface area (TPSA) is 66.5 Å². The van der Waals surface area contributed by atoms with Crippen molar-refractivity contribution in [1.29, 1.82) is 0 Å². The summed E-state index contributed by atoms with van der Waals surface area (Å²) >= 11 is 0. The molecule has 3 amide bonds. The first-order valence-electron chi connectivity index (χ1n) is 7.76. The molecule has 1 unspecified atom stereocenters. The van der Waals surface area contributed by atoms with E-state index in [4.69, 9.17) is 0 Å². The van der Waals surface area contributed by atoms with Crippen LogP contribution in [0.1, 0.15) is 58.3 Å². The number of amides is 3. The molecule has 1 aliphatic carbocycles. The highest BCUT2D eigenvalue weighted by molar-refractivity contribution is 6.05. The van der Waals surface area contributed by atoms with Gasteiger partial charge in [-0.25, -0.2) is 0 Å². The van der Waals surface area contributed by atoms with Crippen LogP contribution in [-0.2, 0) is 14.4 Å². The van der Waals surface area contributed by atoms with Crippen molar-refractivity contribution in [2.45, 2.75) is 64.3 Å². The van der Waals surface area contributed by atoms with Crippen LogP contribution in [0.4, 0.5) is 0 Å². The average molecular weight is 280 g/mol. The van der Waals surface area contributed by atoms with Crippen LogP contribution in [0.2, 0.25) is 0 Å². The standard InChI is InChI=1S/C15H24N2O3/c1-2-12(17-13(18)8-9-14(17)19)15(20)16-10-11-6-4-3-5-7-11/h11-12H,2-10H2,1H3,(H,16,20). The summed E-state index contributed by atoms with van der Waals surface area (Å²) in [5, 5.41) is 2.94. The van der Waals surface area contributed by atoms with E-state index >= 15 is 0 Å². The van der Waals surface area contributed by atoms with Crippen LogP contribution in [0.3, 0.4) is 0 Å². The minimum Gasteiger partial charge on any atom is -0.354 e. The highest BCUT2D eigenvalue weighted by Crippen LogP contribution is 2.23. The molecular weight excluding hydrogens is 256 g/mol. The number of rotatable bonds is 5. The molecule has 1 aliphatic heterocycles. The Labute approximate surface area is 120 Å². The predicted molar refractivity (Wildman–Crippen MR) is 74.8 cm³/mol. The number of hydrogen-bond donors (Lipinski definition) is 1. The number of likely N-dealkylation sites (tertiary alicyclic amines) is 1. The molecule has 0 aromatic carbocycles. The van der Waals surface area contributed by atoms with Crippen LogP contribution in [0.25, 0.3) is 0 Å². The fourth-order valence-electron chi connectivity index (χ4n) is 3.18. The lowest BCUT2D eigenvalue weighted by atomic mass is 9.89. The van der Waals surface area contributed by atoms with E-state index in [1.54, 1.807) is 0 Å². The van der Waals surface area contributed by atoms with Gasteiger partial charge in [-0.05, 0) is 25.2 Å². The maximum Gasteiger partial charge on any atom is 0.243 e. The van der Waals surface area contributed by atoms with Crippen LogP contribution >= 0.6 is 0 Å². The lowest BCUT2D eigenvalue weighted by molar-refractivity contribution is -0.146. The van der Waals surface area contributed by atoms with Crippen LogP contribution in [0.5, 0.6) is 0 Å². The molecule has 0 aromatic heterocycles. The third kappa shape index (κ3) is 3.38. The van der Waals surface area contributed by atoms with Crippen molar-refractivity contribution in [3.05, 3.63) is 0 Å². The van der Waals surface area contributed by atoms with E-state index in [1.165, 1.54) is 32.1 Å². The van der Waals surface area contributed by atoms with E-state index < -0.39 is 6.04 Å². The van der Waals surface area contributed by atoms with E-state index in [2.05, 4.69) is 5.32 Å². The third-order valence-corrected chi connectivity index (χ3v) is 4.38. The van der Waals surface area contributed by atoms with E-state index in [9.17, 15) is 14.4 Å². The van der Waals surface area contributed by atoms with Crippen molar-refractivity contribution >= 4 is 17.7 Å². The molecule has 1 heterocycles. The van der Waals surface area contributed by atoms with Gasteiger partial charge in [0, 0.05) is 19.4 Å². The zero-order valence-corrected chi connectivity index (χ0v) is 12.2. The Balaban J connectivity index is 1.88. The van der Waals surface area contributed by atoms with Crippen molar-refractivity contribution in [2.75, 3.05) is 6.54 Å². The number of hydrogen-bond acceptors (Lipinski definition) is 3. The van der Waals surface area contributed by atoms with Crippen LogP contribution in [0, 0.1) is 5.92 Å². The zero-order valence-electron chi connectivity index (χ0n) is 12.2. The van der Waals surface area contributed by atoms with Crippen molar-refractivity contribution in [3.8, 4) is 0 Å². The molecular formula is C15H24N2O3. The first-order chi connectivity index (χ1) is 9.63. The number of carbonyl (C=O) groups excluding carboxylic acids is 3. The molecule has 0 radical (unpaired) electrons. The number of nitrogens with one attached hydrogen (secondary N) is 1. The molecule has 5 heteroatoms. The highest BCUT2D eigenvalue weighted by atomic mass is 16.2. The summed E-state index contributed by atoms with van der Waals surface area (Å²) in [7, 11) is 0. The third-order valence-electron chi connectivity index (χ3n) is 4.38. The van der Waals surface area contributed by atoms with Gasteiger partial charge < -0.3 is 5.32 Å². The van der Waals surface area contributed by atoms with Gasteiger partial charge in [0.05, 0.1) is 0 Å². The molecule has 1 saturated carbocycles. The minimum atomic E-state index is -0.624. The monoisotopic (exact) mass is 280 g/mol. The number of carbonyl (C=O) groups is 3. The lowest BCUT2D eigenvalue weighted by Crippen LogP contribution is -2.49. The molecule has 1 N–H and O–H groups in total. The smallest absolute Gasteiger partial charge is 0.243 e. The summed E-state index contributed by atoms with van der Waals surface area (Å²) in [5.74, 6) is -0.0545. The molecule has 1 saturated heterocycles. The molecule has 0 aromatic rings. The Morgan fingerprint density at radius 3 is 2.35 bits per heavy atom. The summed E-state index contributed by atoms with van der Waals surface area (Å²) in [6.07, 6.45) is 7.06. The molecule has 2 aliphatic rings. The van der Waals surface area contributed by atoms with E-state index in [0.29, 0.717) is 18.9 Å². The average Bonchev–Trinajstić information content (AvgIpc) is 2.79. The first-order valence-corrected chi connectivity index (χ1v) is 7.76. The lowest BCUT2D eigenvalue weighted by Gasteiger charge is -2.26. The number of nitrogens with zero attached hydrogens (tertiary/aromatic N) is 1. The van der Waals surface area contributed by atoms with E-state index in [0.717, 1.165) is 4.90 Å². The summed E-state index contributed by atoms with van der Waals surface area (Å²) in [4.78, 5) is 36.8. The molecule has 2 fully saturated rings. The van der Waals surface area contributed by atoms with Gasteiger partial charge in [-0.2, -0.15) is 0 Å². The van der Waals surface area contributed by atoms with E-state index in [1.807, 2.05) is 6.92 Å². The Morgan fingerprint density at radius 1 is 1.20 bits per heavy atom. The second-order valence-corrected chi connectivity index (χ2v) is 5.83. The summed E-state index contributed by atoms with van der Waals surface area (Å²) < 4.78 is 0. The van der Waals surface area contributed by atoms with Gasteiger partial charge in [0.2, 0.25) is 17.7 Å².